The van der Waals surface area contributed by atoms with Gasteiger partial charge in [0.2, 0.25) is 0 Å². The van der Waals surface area contributed by atoms with Crippen LogP contribution in [0.3, 0.4) is 0 Å². The van der Waals surface area contributed by atoms with Crippen molar-refractivity contribution in [2.45, 2.75) is 31.6 Å². The Labute approximate surface area is 337 Å². The lowest BCUT2D eigenvalue weighted by Gasteiger charge is -2.29. The number of fused-ring (bicyclic) bond motifs is 7. The molecular formula is C55H39NS. The second kappa shape index (κ2) is 12.3. The summed E-state index contributed by atoms with van der Waals surface area (Å²) >= 11 is 1.92. The van der Waals surface area contributed by atoms with Crippen molar-refractivity contribution in [2.24, 2.45) is 0 Å². The van der Waals surface area contributed by atoms with Crippen LogP contribution in [0.2, 0.25) is 0 Å². The number of thiophene rings is 1. The maximum atomic E-state index is 2.56. The molecular weight excluding hydrogens is 707 g/mol. The molecule has 0 fully saturated rings. The van der Waals surface area contributed by atoms with Gasteiger partial charge in [-0.25, -0.2) is 0 Å². The topological polar surface area (TPSA) is 3.24 Å². The first-order valence-corrected chi connectivity index (χ1v) is 20.9. The maximum absolute atomic E-state index is 2.56. The van der Waals surface area contributed by atoms with Crippen LogP contribution >= 0.6 is 11.3 Å². The lowest BCUT2D eigenvalue weighted by molar-refractivity contribution is 0.660. The fourth-order valence-electron chi connectivity index (χ4n) is 10.3. The second-order valence-corrected chi connectivity index (χ2v) is 17.5. The van der Waals surface area contributed by atoms with Gasteiger partial charge in [0, 0.05) is 42.6 Å². The molecule has 57 heavy (non-hydrogen) atoms. The molecule has 1 unspecified atom stereocenters. The Morgan fingerprint density at radius 1 is 0.509 bits per heavy atom. The van der Waals surface area contributed by atoms with E-state index in [1.54, 1.807) is 0 Å². The van der Waals surface area contributed by atoms with Crippen LogP contribution in [-0.2, 0) is 11.8 Å². The molecule has 1 aliphatic carbocycles. The van der Waals surface area contributed by atoms with Crippen molar-refractivity contribution in [1.29, 1.82) is 0 Å². The molecule has 1 aromatic heterocycles. The van der Waals surface area contributed by atoms with Crippen LogP contribution in [0, 0.1) is 0 Å². The van der Waals surface area contributed by atoms with Gasteiger partial charge in [0.05, 0.1) is 11.4 Å². The van der Waals surface area contributed by atoms with Crippen molar-refractivity contribution >= 4 is 70.1 Å². The van der Waals surface area contributed by atoms with Crippen LogP contribution in [-0.4, -0.2) is 0 Å². The fraction of sp³-hybridized carbons (Fsp3) is 0.0909. The predicted molar refractivity (Wildman–Crippen MR) is 244 cm³/mol. The van der Waals surface area contributed by atoms with E-state index in [2.05, 4.69) is 201 Å². The third-order valence-corrected chi connectivity index (χ3v) is 14.1. The van der Waals surface area contributed by atoms with E-state index in [4.69, 9.17) is 0 Å². The summed E-state index contributed by atoms with van der Waals surface area (Å²) in [5.41, 5.74) is 15.6. The molecule has 0 spiro atoms. The highest BCUT2D eigenvalue weighted by atomic mass is 32.1. The number of benzene rings is 9. The zero-order valence-corrected chi connectivity index (χ0v) is 32.8. The Morgan fingerprint density at radius 3 is 2.05 bits per heavy atom. The summed E-state index contributed by atoms with van der Waals surface area (Å²) in [6, 6.07) is 68.9. The highest BCUT2D eigenvalue weighted by Crippen LogP contribution is 2.53. The van der Waals surface area contributed by atoms with Crippen molar-refractivity contribution < 1.29 is 0 Å². The van der Waals surface area contributed by atoms with Gasteiger partial charge in [-0.05, 0) is 115 Å². The zero-order chi connectivity index (χ0) is 37.8. The summed E-state index contributed by atoms with van der Waals surface area (Å²) in [6.07, 6.45) is 0.893. The van der Waals surface area contributed by atoms with Crippen molar-refractivity contribution in [3.8, 4) is 22.3 Å². The second-order valence-electron chi connectivity index (χ2n) is 16.4. The lowest BCUT2D eigenvalue weighted by Crippen LogP contribution is -2.15. The predicted octanol–water partition coefficient (Wildman–Crippen LogP) is 15.5. The normalized spacial score (nSPS) is 15.2. The van der Waals surface area contributed by atoms with Crippen molar-refractivity contribution in [3.63, 3.8) is 0 Å². The van der Waals surface area contributed by atoms with Crippen molar-refractivity contribution in [3.05, 3.63) is 210 Å². The molecule has 0 N–H and O–H groups in total. The van der Waals surface area contributed by atoms with E-state index in [1.165, 1.54) is 109 Å². The quantitative estimate of drug-likeness (QED) is 0.173. The molecule has 2 bridgehead atoms. The van der Waals surface area contributed by atoms with Gasteiger partial charge in [-0.15, -0.1) is 11.3 Å². The lowest BCUT2D eigenvalue weighted by atomic mass is 9.80. The molecule has 0 saturated heterocycles. The standard InChI is InChI=1S/C55H39NS/c1-55(2)47-22-8-7-20-43(47)44-28-27-36(33-48(44)55)38-29-39-31-40(30-38)56(49-23-10-16-35-14-4-6-19-42(35)49)50-24-12-26-52-54(50)53-45(21-11-25-51(53)57-52)46(39)32-37-17-9-15-34-13-3-5-18-41(34)37/h3-31,33,46H,32H2,1-2H3. The summed E-state index contributed by atoms with van der Waals surface area (Å²) in [4.78, 5) is 2.56. The molecule has 9 aromatic carbocycles. The summed E-state index contributed by atoms with van der Waals surface area (Å²) in [5.74, 6) is 0.117. The van der Waals surface area contributed by atoms with Gasteiger partial charge in [0.15, 0.2) is 0 Å². The van der Waals surface area contributed by atoms with Crippen LogP contribution in [0.4, 0.5) is 17.1 Å². The van der Waals surface area contributed by atoms with Gasteiger partial charge in [-0.2, -0.15) is 0 Å². The summed E-state index contributed by atoms with van der Waals surface area (Å²) in [7, 11) is 0. The molecule has 1 aliphatic heterocycles. The smallest absolute Gasteiger partial charge is 0.0555 e. The average Bonchev–Trinajstić information content (AvgIpc) is 3.76. The Bertz CT molecular complexity index is 3260. The van der Waals surface area contributed by atoms with E-state index in [0.717, 1.165) is 6.42 Å². The average molecular weight is 746 g/mol. The molecule has 2 aliphatic rings. The highest BCUT2D eigenvalue weighted by Gasteiger charge is 2.35. The summed E-state index contributed by atoms with van der Waals surface area (Å²) < 4.78 is 2.66. The SMILES string of the molecule is CC1(C)c2ccccc2-c2ccc(-c3cc4cc(c3)N(c3cccc5ccccc35)c3cccc5sc6cccc(c6c35)C4Cc3cccc4ccccc34)cc21. The molecule has 1 atom stereocenters. The number of hydrogen-bond donors (Lipinski definition) is 0. The van der Waals surface area contributed by atoms with Crippen LogP contribution < -0.4 is 4.90 Å². The van der Waals surface area contributed by atoms with Gasteiger partial charge in [0.25, 0.3) is 0 Å². The molecule has 0 amide bonds. The Morgan fingerprint density at radius 2 is 1.18 bits per heavy atom. The molecule has 12 rings (SSSR count). The molecule has 2 heterocycles. The van der Waals surface area contributed by atoms with E-state index in [-0.39, 0.29) is 11.3 Å². The molecule has 270 valence electrons. The van der Waals surface area contributed by atoms with Crippen molar-refractivity contribution in [2.75, 3.05) is 4.90 Å². The monoisotopic (exact) mass is 745 g/mol. The Balaban J connectivity index is 1.18. The summed E-state index contributed by atoms with van der Waals surface area (Å²) in [6.45, 7) is 4.77. The minimum absolute atomic E-state index is 0.0868. The van der Waals surface area contributed by atoms with Gasteiger partial charge in [-0.3, -0.25) is 0 Å². The van der Waals surface area contributed by atoms with E-state index in [1.807, 2.05) is 11.3 Å². The van der Waals surface area contributed by atoms with Gasteiger partial charge in [-0.1, -0.05) is 153 Å². The number of nitrogens with zero attached hydrogens (tertiary/aromatic N) is 1. The number of rotatable bonds is 4. The zero-order valence-electron chi connectivity index (χ0n) is 32.0. The van der Waals surface area contributed by atoms with E-state index < -0.39 is 0 Å². The molecule has 0 radical (unpaired) electrons. The molecule has 0 saturated carbocycles. The Hall–Kier alpha value is -6.48. The minimum Gasteiger partial charge on any atom is -0.309 e. The van der Waals surface area contributed by atoms with Gasteiger partial charge in [0.1, 0.15) is 0 Å². The first kappa shape index (κ1) is 32.7. The maximum Gasteiger partial charge on any atom is 0.0555 e. The minimum atomic E-state index is -0.0868. The first-order chi connectivity index (χ1) is 28.0. The van der Waals surface area contributed by atoms with E-state index >= 15 is 0 Å². The van der Waals surface area contributed by atoms with Crippen LogP contribution in [0.5, 0.6) is 0 Å². The van der Waals surface area contributed by atoms with E-state index in [0.29, 0.717) is 0 Å². The molecule has 2 heteroatoms. The number of anilines is 3. The fourth-order valence-corrected chi connectivity index (χ4v) is 11.4. The molecule has 1 nitrogen and oxygen atoms in total. The van der Waals surface area contributed by atoms with Gasteiger partial charge < -0.3 is 4.90 Å². The number of hydrogen-bond acceptors (Lipinski definition) is 2. The van der Waals surface area contributed by atoms with Crippen LogP contribution in [0.25, 0.3) is 64.0 Å². The Kier molecular flexibility index (Phi) is 7.04. The largest absolute Gasteiger partial charge is 0.309 e. The van der Waals surface area contributed by atoms with Crippen molar-refractivity contribution in [1.82, 2.24) is 0 Å². The third kappa shape index (κ3) is 4.87. The third-order valence-electron chi connectivity index (χ3n) is 13.0. The highest BCUT2D eigenvalue weighted by molar-refractivity contribution is 7.26. The first-order valence-electron chi connectivity index (χ1n) is 20.1. The van der Waals surface area contributed by atoms with Crippen LogP contribution in [0.1, 0.15) is 47.6 Å². The van der Waals surface area contributed by atoms with Crippen LogP contribution in [0.15, 0.2) is 182 Å². The van der Waals surface area contributed by atoms with E-state index in [9.17, 15) is 0 Å². The van der Waals surface area contributed by atoms with Gasteiger partial charge >= 0.3 is 0 Å². The molecule has 10 aromatic rings. The summed E-state index contributed by atoms with van der Waals surface area (Å²) in [5, 5.41) is 7.82.